The third-order valence-electron chi connectivity index (χ3n) is 1.89. The molecule has 0 fully saturated rings. The largest absolute Gasteiger partial charge is 0.390 e. The SMILES string of the molecule is NCC(O)CNc1ccc([N+](=O)[O-])cc1. The van der Waals surface area contributed by atoms with Crippen LogP contribution in [0.15, 0.2) is 24.3 Å². The van der Waals surface area contributed by atoms with E-state index in [9.17, 15) is 10.1 Å². The van der Waals surface area contributed by atoms with Gasteiger partial charge >= 0.3 is 0 Å². The van der Waals surface area contributed by atoms with Crippen LogP contribution in [0.25, 0.3) is 0 Å². The molecule has 1 aromatic rings. The van der Waals surface area contributed by atoms with Crippen molar-refractivity contribution in [3.8, 4) is 0 Å². The molecule has 4 N–H and O–H groups in total. The van der Waals surface area contributed by atoms with Crippen molar-refractivity contribution in [3.63, 3.8) is 0 Å². The van der Waals surface area contributed by atoms with Gasteiger partial charge in [-0.25, -0.2) is 0 Å². The van der Waals surface area contributed by atoms with Gasteiger partial charge in [0, 0.05) is 30.9 Å². The van der Waals surface area contributed by atoms with E-state index in [4.69, 9.17) is 10.8 Å². The number of nitro benzene ring substituents is 1. The third kappa shape index (κ3) is 3.53. The quantitative estimate of drug-likeness (QED) is 0.481. The second kappa shape index (κ2) is 5.28. The van der Waals surface area contributed by atoms with Crippen molar-refractivity contribution >= 4 is 11.4 Å². The molecule has 0 aromatic heterocycles. The Labute approximate surface area is 86.9 Å². The Bertz CT molecular complexity index is 326. The van der Waals surface area contributed by atoms with Crippen LogP contribution in [0.4, 0.5) is 11.4 Å². The van der Waals surface area contributed by atoms with Crippen LogP contribution < -0.4 is 11.1 Å². The summed E-state index contributed by atoms with van der Waals surface area (Å²) in [4.78, 5) is 9.89. The zero-order valence-electron chi connectivity index (χ0n) is 8.09. The Hall–Kier alpha value is -1.66. The number of anilines is 1. The summed E-state index contributed by atoms with van der Waals surface area (Å²) in [7, 11) is 0. The average Bonchev–Trinajstić information content (AvgIpc) is 2.26. The van der Waals surface area contributed by atoms with Gasteiger partial charge in [-0.15, -0.1) is 0 Å². The van der Waals surface area contributed by atoms with Crippen LogP contribution in [0.3, 0.4) is 0 Å². The highest BCUT2D eigenvalue weighted by Crippen LogP contribution is 2.14. The minimum Gasteiger partial charge on any atom is -0.390 e. The summed E-state index contributed by atoms with van der Waals surface area (Å²) in [6, 6.07) is 5.97. The number of nitrogens with one attached hydrogen (secondary N) is 1. The summed E-state index contributed by atoms with van der Waals surface area (Å²) in [5.74, 6) is 0. The molecule has 0 aliphatic carbocycles. The fourth-order valence-electron chi connectivity index (χ4n) is 1.02. The number of aliphatic hydroxyl groups excluding tert-OH is 1. The Balaban J connectivity index is 2.53. The molecular formula is C9H13N3O3. The first-order valence-electron chi connectivity index (χ1n) is 4.50. The Morgan fingerprint density at radius 1 is 1.47 bits per heavy atom. The molecule has 0 aliphatic rings. The molecule has 6 nitrogen and oxygen atoms in total. The molecule has 1 aromatic carbocycles. The van der Waals surface area contributed by atoms with E-state index in [1.165, 1.54) is 12.1 Å². The van der Waals surface area contributed by atoms with Crippen LogP contribution in [0.5, 0.6) is 0 Å². The molecule has 82 valence electrons. The lowest BCUT2D eigenvalue weighted by Gasteiger charge is -2.09. The summed E-state index contributed by atoms with van der Waals surface area (Å²) in [6.45, 7) is 0.508. The summed E-state index contributed by atoms with van der Waals surface area (Å²) in [5, 5.41) is 22.4. The number of nitrogens with zero attached hydrogens (tertiary/aromatic N) is 1. The monoisotopic (exact) mass is 211 g/mol. The number of benzene rings is 1. The standard InChI is InChI=1S/C9H13N3O3/c10-5-9(13)6-11-7-1-3-8(4-2-7)12(14)15/h1-4,9,11,13H,5-6,10H2. The maximum absolute atomic E-state index is 10.4. The summed E-state index contributed by atoms with van der Waals surface area (Å²) >= 11 is 0. The molecule has 1 unspecified atom stereocenters. The van der Waals surface area contributed by atoms with Gasteiger partial charge in [0.2, 0.25) is 0 Å². The molecule has 1 rings (SSSR count). The molecule has 15 heavy (non-hydrogen) atoms. The molecule has 0 amide bonds. The van der Waals surface area contributed by atoms with Gasteiger partial charge in [-0.05, 0) is 12.1 Å². The van der Waals surface area contributed by atoms with Gasteiger partial charge in [0.15, 0.2) is 0 Å². The maximum atomic E-state index is 10.4. The van der Waals surface area contributed by atoms with Crippen molar-refractivity contribution < 1.29 is 10.0 Å². The highest BCUT2D eigenvalue weighted by molar-refractivity contribution is 5.48. The molecule has 0 heterocycles. The smallest absolute Gasteiger partial charge is 0.269 e. The fourth-order valence-corrected chi connectivity index (χ4v) is 1.02. The van der Waals surface area contributed by atoms with Gasteiger partial charge in [-0.2, -0.15) is 0 Å². The van der Waals surface area contributed by atoms with Crippen LogP contribution in [0.1, 0.15) is 0 Å². The molecule has 0 aliphatic heterocycles. The fraction of sp³-hybridized carbons (Fsp3) is 0.333. The van der Waals surface area contributed by atoms with E-state index in [2.05, 4.69) is 5.32 Å². The van der Waals surface area contributed by atoms with Gasteiger partial charge in [-0.3, -0.25) is 10.1 Å². The lowest BCUT2D eigenvalue weighted by atomic mass is 10.2. The number of aliphatic hydroxyl groups is 1. The minimum atomic E-state index is -0.611. The molecule has 0 saturated heterocycles. The molecule has 6 heteroatoms. The first-order valence-corrected chi connectivity index (χ1v) is 4.50. The van der Waals surface area contributed by atoms with Gasteiger partial charge in [0.25, 0.3) is 5.69 Å². The number of hydrogen-bond acceptors (Lipinski definition) is 5. The summed E-state index contributed by atoms with van der Waals surface area (Å²) in [6.07, 6.45) is -0.611. The van der Waals surface area contributed by atoms with Gasteiger partial charge in [-0.1, -0.05) is 0 Å². The molecule has 0 saturated carbocycles. The van der Waals surface area contributed by atoms with Gasteiger partial charge < -0.3 is 16.2 Å². The first kappa shape index (κ1) is 11.4. The number of nitro groups is 1. The van der Waals surface area contributed by atoms with E-state index in [0.717, 1.165) is 0 Å². The molecular weight excluding hydrogens is 198 g/mol. The zero-order chi connectivity index (χ0) is 11.3. The lowest BCUT2D eigenvalue weighted by molar-refractivity contribution is -0.384. The Kier molecular flexibility index (Phi) is 4.02. The van der Waals surface area contributed by atoms with Crippen LogP contribution in [-0.2, 0) is 0 Å². The van der Waals surface area contributed by atoms with Crippen LogP contribution in [0, 0.1) is 10.1 Å². The average molecular weight is 211 g/mol. The molecule has 1 atom stereocenters. The predicted octanol–water partition coefficient (Wildman–Crippen LogP) is 0.326. The van der Waals surface area contributed by atoms with Crippen molar-refractivity contribution in [3.05, 3.63) is 34.4 Å². The molecule has 0 spiro atoms. The van der Waals surface area contributed by atoms with E-state index in [1.807, 2.05) is 0 Å². The second-order valence-corrected chi connectivity index (χ2v) is 3.07. The van der Waals surface area contributed by atoms with Crippen LogP contribution in [-0.4, -0.2) is 29.2 Å². The van der Waals surface area contributed by atoms with Gasteiger partial charge in [0.1, 0.15) is 0 Å². The van der Waals surface area contributed by atoms with E-state index >= 15 is 0 Å². The zero-order valence-corrected chi connectivity index (χ0v) is 8.09. The summed E-state index contributed by atoms with van der Waals surface area (Å²) in [5.41, 5.74) is 5.98. The number of nitrogens with two attached hydrogens (primary N) is 1. The number of rotatable bonds is 5. The Morgan fingerprint density at radius 3 is 2.53 bits per heavy atom. The van der Waals surface area contributed by atoms with E-state index in [1.54, 1.807) is 12.1 Å². The highest BCUT2D eigenvalue weighted by Gasteiger charge is 2.04. The van der Waals surface area contributed by atoms with E-state index < -0.39 is 11.0 Å². The van der Waals surface area contributed by atoms with E-state index in [0.29, 0.717) is 12.2 Å². The number of hydrogen-bond donors (Lipinski definition) is 3. The first-order chi connectivity index (χ1) is 7.13. The predicted molar refractivity (Wildman–Crippen MR) is 56.6 cm³/mol. The maximum Gasteiger partial charge on any atom is 0.269 e. The highest BCUT2D eigenvalue weighted by atomic mass is 16.6. The van der Waals surface area contributed by atoms with Crippen molar-refractivity contribution in [2.24, 2.45) is 5.73 Å². The van der Waals surface area contributed by atoms with Crippen molar-refractivity contribution in [1.82, 2.24) is 0 Å². The molecule has 0 radical (unpaired) electrons. The summed E-state index contributed by atoms with van der Waals surface area (Å²) < 4.78 is 0. The van der Waals surface area contributed by atoms with Gasteiger partial charge in [0.05, 0.1) is 11.0 Å². The Morgan fingerprint density at radius 2 is 2.07 bits per heavy atom. The van der Waals surface area contributed by atoms with Crippen LogP contribution >= 0.6 is 0 Å². The normalized spacial score (nSPS) is 12.1. The van der Waals surface area contributed by atoms with E-state index in [-0.39, 0.29) is 12.2 Å². The second-order valence-electron chi connectivity index (χ2n) is 3.07. The van der Waals surface area contributed by atoms with Crippen molar-refractivity contribution in [2.45, 2.75) is 6.10 Å². The third-order valence-corrected chi connectivity index (χ3v) is 1.89. The molecule has 0 bridgehead atoms. The van der Waals surface area contributed by atoms with Crippen molar-refractivity contribution in [1.29, 1.82) is 0 Å². The number of non-ortho nitro benzene ring substituents is 1. The van der Waals surface area contributed by atoms with Crippen molar-refractivity contribution in [2.75, 3.05) is 18.4 Å². The topological polar surface area (TPSA) is 101 Å². The minimum absolute atomic E-state index is 0.0416. The van der Waals surface area contributed by atoms with Crippen LogP contribution in [0.2, 0.25) is 0 Å². The lowest BCUT2D eigenvalue weighted by Crippen LogP contribution is -2.27.